The third kappa shape index (κ3) is 3.95. The fourth-order valence-corrected chi connectivity index (χ4v) is 2.43. The van der Waals surface area contributed by atoms with Crippen molar-refractivity contribution in [3.63, 3.8) is 0 Å². The number of hydrogen-bond donors (Lipinski definition) is 1. The lowest BCUT2D eigenvalue weighted by atomic mass is 10.1. The molecule has 0 unspecified atom stereocenters. The van der Waals surface area contributed by atoms with E-state index >= 15 is 0 Å². The Kier molecular flexibility index (Phi) is 5.40. The SMILES string of the molecule is NCCc1ccc(OCc2ccc(Cl)c(F)c2)c(Br)c1. The second-order valence-electron chi connectivity index (χ2n) is 4.34. The van der Waals surface area contributed by atoms with Crippen LogP contribution in [0.4, 0.5) is 4.39 Å². The maximum atomic E-state index is 13.3. The molecule has 0 aliphatic carbocycles. The molecule has 0 saturated heterocycles. The summed E-state index contributed by atoms with van der Waals surface area (Å²) in [5.74, 6) is 0.270. The van der Waals surface area contributed by atoms with Crippen molar-refractivity contribution in [2.75, 3.05) is 6.54 Å². The van der Waals surface area contributed by atoms with E-state index in [1.54, 1.807) is 6.07 Å². The molecule has 2 N–H and O–H groups in total. The van der Waals surface area contributed by atoms with Gasteiger partial charge >= 0.3 is 0 Å². The van der Waals surface area contributed by atoms with Gasteiger partial charge in [0.15, 0.2) is 0 Å². The summed E-state index contributed by atoms with van der Waals surface area (Å²) >= 11 is 9.09. The molecule has 0 atom stereocenters. The summed E-state index contributed by atoms with van der Waals surface area (Å²) < 4.78 is 19.8. The quantitative estimate of drug-likeness (QED) is 0.864. The van der Waals surface area contributed by atoms with E-state index in [9.17, 15) is 4.39 Å². The fraction of sp³-hybridized carbons (Fsp3) is 0.200. The highest BCUT2D eigenvalue weighted by Crippen LogP contribution is 2.27. The van der Waals surface area contributed by atoms with Crippen LogP contribution < -0.4 is 10.5 Å². The van der Waals surface area contributed by atoms with Crippen molar-refractivity contribution in [3.05, 3.63) is 62.8 Å². The van der Waals surface area contributed by atoms with Crippen LogP contribution >= 0.6 is 27.5 Å². The average molecular weight is 359 g/mol. The lowest BCUT2D eigenvalue weighted by molar-refractivity contribution is 0.303. The first kappa shape index (κ1) is 15.3. The van der Waals surface area contributed by atoms with Crippen LogP contribution in [0.25, 0.3) is 0 Å². The van der Waals surface area contributed by atoms with E-state index in [-0.39, 0.29) is 11.6 Å². The number of rotatable bonds is 5. The molecule has 0 radical (unpaired) electrons. The molecular weight excluding hydrogens is 345 g/mol. The van der Waals surface area contributed by atoms with Gasteiger partial charge in [0.05, 0.1) is 9.50 Å². The van der Waals surface area contributed by atoms with Gasteiger partial charge in [-0.2, -0.15) is 0 Å². The number of halogens is 3. The smallest absolute Gasteiger partial charge is 0.142 e. The van der Waals surface area contributed by atoms with Gasteiger partial charge < -0.3 is 10.5 Å². The zero-order valence-electron chi connectivity index (χ0n) is 10.7. The van der Waals surface area contributed by atoms with Crippen LogP contribution in [0.5, 0.6) is 5.75 Å². The largest absolute Gasteiger partial charge is 0.488 e. The minimum atomic E-state index is -0.440. The summed E-state index contributed by atoms with van der Waals surface area (Å²) in [6.45, 7) is 0.889. The highest BCUT2D eigenvalue weighted by molar-refractivity contribution is 9.10. The molecule has 2 nitrogen and oxygen atoms in total. The predicted molar refractivity (Wildman–Crippen MR) is 82.6 cm³/mol. The van der Waals surface area contributed by atoms with Crippen LogP contribution in [0.2, 0.25) is 5.02 Å². The standard InChI is InChI=1S/C15H14BrClFNO/c16-12-7-10(5-6-19)2-4-15(12)20-9-11-1-3-13(17)14(18)8-11/h1-4,7-8H,5-6,9,19H2. The summed E-state index contributed by atoms with van der Waals surface area (Å²) in [6, 6.07) is 10.5. The lowest BCUT2D eigenvalue weighted by Gasteiger charge is -2.10. The molecule has 0 aliphatic heterocycles. The third-order valence-corrected chi connectivity index (χ3v) is 3.73. The Morgan fingerprint density at radius 2 is 1.90 bits per heavy atom. The first-order valence-corrected chi connectivity index (χ1v) is 7.32. The fourth-order valence-electron chi connectivity index (χ4n) is 1.77. The van der Waals surface area contributed by atoms with E-state index in [0.29, 0.717) is 12.3 Å². The molecule has 106 valence electrons. The van der Waals surface area contributed by atoms with Gasteiger partial charge in [-0.3, -0.25) is 0 Å². The minimum Gasteiger partial charge on any atom is -0.488 e. The first-order valence-electron chi connectivity index (χ1n) is 6.15. The lowest BCUT2D eigenvalue weighted by Crippen LogP contribution is -2.03. The third-order valence-electron chi connectivity index (χ3n) is 2.81. The highest BCUT2D eigenvalue weighted by Gasteiger charge is 2.05. The number of ether oxygens (including phenoxy) is 1. The minimum absolute atomic E-state index is 0.112. The van der Waals surface area contributed by atoms with Crippen LogP contribution in [-0.4, -0.2) is 6.54 Å². The van der Waals surface area contributed by atoms with Gasteiger partial charge in [-0.1, -0.05) is 23.7 Å². The maximum absolute atomic E-state index is 13.3. The second kappa shape index (κ2) is 7.07. The van der Waals surface area contributed by atoms with E-state index in [1.165, 1.54) is 12.1 Å². The van der Waals surface area contributed by atoms with Crippen LogP contribution in [0.15, 0.2) is 40.9 Å². The summed E-state index contributed by atoms with van der Waals surface area (Å²) in [4.78, 5) is 0. The van der Waals surface area contributed by atoms with E-state index < -0.39 is 5.82 Å². The van der Waals surface area contributed by atoms with Gasteiger partial charge in [-0.15, -0.1) is 0 Å². The Morgan fingerprint density at radius 3 is 2.55 bits per heavy atom. The Balaban J connectivity index is 2.05. The van der Waals surface area contributed by atoms with E-state index in [1.807, 2.05) is 18.2 Å². The van der Waals surface area contributed by atoms with Gasteiger partial charge in [0.25, 0.3) is 0 Å². The molecule has 2 rings (SSSR count). The van der Waals surface area contributed by atoms with Gasteiger partial charge in [0.1, 0.15) is 18.2 Å². The first-order chi connectivity index (χ1) is 9.60. The van der Waals surface area contributed by atoms with Crippen LogP contribution in [0, 0.1) is 5.82 Å². The average Bonchev–Trinajstić information content (AvgIpc) is 2.42. The van der Waals surface area contributed by atoms with E-state index in [4.69, 9.17) is 22.1 Å². The van der Waals surface area contributed by atoms with Gasteiger partial charge in [0, 0.05) is 0 Å². The van der Waals surface area contributed by atoms with Crippen LogP contribution in [-0.2, 0) is 13.0 Å². The molecule has 20 heavy (non-hydrogen) atoms. The molecule has 5 heteroatoms. The second-order valence-corrected chi connectivity index (χ2v) is 5.60. The summed E-state index contributed by atoms with van der Waals surface area (Å²) in [6.07, 6.45) is 0.821. The van der Waals surface area contributed by atoms with Gasteiger partial charge in [-0.05, 0) is 64.3 Å². The van der Waals surface area contributed by atoms with Crippen molar-refractivity contribution in [2.24, 2.45) is 5.73 Å². The van der Waals surface area contributed by atoms with E-state index in [2.05, 4.69) is 15.9 Å². The van der Waals surface area contributed by atoms with Crippen molar-refractivity contribution in [1.82, 2.24) is 0 Å². The predicted octanol–water partition coefficient (Wildman–Crippen LogP) is 4.32. The molecule has 0 heterocycles. The highest BCUT2D eigenvalue weighted by atomic mass is 79.9. The summed E-state index contributed by atoms with van der Waals surface area (Å²) in [7, 11) is 0. The Bertz CT molecular complexity index is 606. The monoisotopic (exact) mass is 357 g/mol. The summed E-state index contributed by atoms with van der Waals surface area (Å²) in [5, 5.41) is 0.112. The molecule has 0 amide bonds. The Labute approximate surface area is 130 Å². The molecule has 0 spiro atoms. The number of nitrogens with two attached hydrogens (primary N) is 1. The zero-order valence-corrected chi connectivity index (χ0v) is 13.0. The molecule has 0 aromatic heterocycles. The maximum Gasteiger partial charge on any atom is 0.142 e. The van der Waals surface area contributed by atoms with Crippen molar-refractivity contribution in [1.29, 1.82) is 0 Å². The summed E-state index contributed by atoms with van der Waals surface area (Å²) in [5.41, 5.74) is 7.39. The Hall–Kier alpha value is -1.10. The zero-order chi connectivity index (χ0) is 14.5. The van der Waals surface area contributed by atoms with E-state index in [0.717, 1.165) is 22.0 Å². The molecule has 0 aliphatic rings. The topological polar surface area (TPSA) is 35.2 Å². The molecular formula is C15H14BrClFNO. The normalized spacial score (nSPS) is 10.6. The molecule has 2 aromatic carbocycles. The molecule has 0 fully saturated rings. The molecule has 0 bridgehead atoms. The number of hydrogen-bond acceptors (Lipinski definition) is 2. The van der Waals surface area contributed by atoms with Gasteiger partial charge in [-0.25, -0.2) is 4.39 Å². The van der Waals surface area contributed by atoms with Crippen LogP contribution in [0.3, 0.4) is 0 Å². The van der Waals surface area contributed by atoms with Crippen molar-refractivity contribution < 1.29 is 9.13 Å². The van der Waals surface area contributed by atoms with Crippen LogP contribution in [0.1, 0.15) is 11.1 Å². The Morgan fingerprint density at radius 1 is 1.15 bits per heavy atom. The van der Waals surface area contributed by atoms with Crippen molar-refractivity contribution in [3.8, 4) is 5.75 Å². The molecule has 0 saturated carbocycles. The molecule has 2 aromatic rings. The van der Waals surface area contributed by atoms with Crippen molar-refractivity contribution >= 4 is 27.5 Å². The van der Waals surface area contributed by atoms with Gasteiger partial charge in [0.2, 0.25) is 0 Å². The van der Waals surface area contributed by atoms with Crippen molar-refractivity contribution in [2.45, 2.75) is 13.0 Å². The number of benzene rings is 2.